The fraction of sp³-hybridized carbons (Fsp3) is 0.130. The van der Waals surface area contributed by atoms with Gasteiger partial charge in [0.15, 0.2) is 11.5 Å². The zero-order valence-electron chi connectivity index (χ0n) is 16.3. The number of halogens is 1. The minimum atomic E-state index is -0.285. The topological polar surface area (TPSA) is 79.5 Å². The summed E-state index contributed by atoms with van der Waals surface area (Å²) in [5.74, 6) is 2.47. The van der Waals surface area contributed by atoms with Crippen LogP contribution in [0.3, 0.4) is 0 Å². The van der Waals surface area contributed by atoms with Gasteiger partial charge in [0.2, 0.25) is 5.88 Å². The van der Waals surface area contributed by atoms with Crippen molar-refractivity contribution in [1.29, 1.82) is 0 Å². The Kier molecular flexibility index (Phi) is 4.37. The highest BCUT2D eigenvalue weighted by molar-refractivity contribution is 6.36. The molecule has 5 rings (SSSR count). The van der Waals surface area contributed by atoms with Crippen LogP contribution in [0.2, 0.25) is 5.02 Å². The lowest BCUT2D eigenvalue weighted by molar-refractivity contribution is 0.354. The third kappa shape index (κ3) is 2.72. The number of benzene rings is 3. The molecule has 0 saturated carbocycles. The first kappa shape index (κ1) is 18.5. The molecule has 30 heavy (non-hydrogen) atoms. The summed E-state index contributed by atoms with van der Waals surface area (Å²) < 4.78 is 17.2. The molecule has 1 aliphatic heterocycles. The highest BCUT2D eigenvalue weighted by Gasteiger charge is 2.34. The SMILES string of the molecule is COc1ccc(C2c3cc(Cl)c4ccccc4c3Oc3ncnc(N)c32)cc1OC. The molecule has 0 amide bonds. The van der Waals surface area contributed by atoms with Crippen molar-refractivity contribution >= 4 is 28.2 Å². The summed E-state index contributed by atoms with van der Waals surface area (Å²) in [4.78, 5) is 8.56. The van der Waals surface area contributed by atoms with Gasteiger partial charge in [-0.3, -0.25) is 0 Å². The Morgan fingerprint density at radius 2 is 1.73 bits per heavy atom. The zero-order valence-corrected chi connectivity index (χ0v) is 17.1. The molecular weight excluding hydrogens is 402 g/mol. The molecule has 4 aromatic rings. The molecule has 2 heterocycles. The van der Waals surface area contributed by atoms with Crippen molar-refractivity contribution in [2.24, 2.45) is 0 Å². The van der Waals surface area contributed by atoms with Crippen LogP contribution in [0.25, 0.3) is 10.8 Å². The molecule has 6 nitrogen and oxygen atoms in total. The molecule has 0 saturated heterocycles. The van der Waals surface area contributed by atoms with Crippen molar-refractivity contribution in [1.82, 2.24) is 9.97 Å². The van der Waals surface area contributed by atoms with Crippen LogP contribution in [0.1, 0.15) is 22.6 Å². The fourth-order valence-electron chi connectivity index (χ4n) is 4.03. The number of hydrogen-bond donors (Lipinski definition) is 1. The fourth-order valence-corrected chi connectivity index (χ4v) is 4.31. The van der Waals surface area contributed by atoms with Gasteiger partial charge in [-0.1, -0.05) is 41.9 Å². The summed E-state index contributed by atoms with van der Waals surface area (Å²) in [5, 5.41) is 2.46. The molecule has 0 fully saturated rings. The van der Waals surface area contributed by atoms with Crippen LogP contribution in [-0.2, 0) is 0 Å². The second-order valence-electron chi connectivity index (χ2n) is 6.95. The molecule has 1 unspecified atom stereocenters. The molecular formula is C23H18ClN3O3. The van der Waals surface area contributed by atoms with Crippen molar-refractivity contribution in [3.63, 3.8) is 0 Å². The number of hydrogen-bond acceptors (Lipinski definition) is 6. The van der Waals surface area contributed by atoms with E-state index in [1.54, 1.807) is 14.2 Å². The lowest BCUT2D eigenvalue weighted by Gasteiger charge is -2.30. The first-order chi connectivity index (χ1) is 14.6. The number of nitrogens with two attached hydrogens (primary N) is 1. The maximum Gasteiger partial charge on any atom is 0.228 e. The molecule has 0 aliphatic carbocycles. The summed E-state index contributed by atoms with van der Waals surface area (Å²) in [6, 6.07) is 15.6. The summed E-state index contributed by atoms with van der Waals surface area (Å²) in [7, 11) is 3.21. The van der Waals surface area contributed by atoms with Crippen LogP contribution in [0.4, 0.5) is 5.82 Å². The molecule has 1 atom stereocenters. The second kappa shape index (κ2) is 7.07. The van der Waals surface area contributed by atoms with Gasteiger partial charge in [0.25, 0.3) is 0 Å². The van der Waals surface area contributed by atoms with Crippen LogP contribution < -0.4 is 19.9 Å². The second-order valence-corrected chi connectivity index (χ2v) is 7.36. The Morgan fingerprint density at radius 3 is 2.50 bits per heavy atom. The Balaban J connectivity index is 1.83. The molecule has 0 bridgehead atoms. The molecule has 0 spiro atoms. The van der Waals surface area contributed by atoms with Crippen LogP contribution in [0.15, 0.2) is 54.9 Å². The molecule has 150 valence electrons. The maximum atomic E-state index is 6.66. The van der Waals surface area contributed by atoms with Gasteiger partial charge >= 0.3 is 0 Å². The van der Waals surface area contributed by atoms with Gasteiger partial charge in [-0.25, -0.2) is 9.97 Å². The van der Waals surface area contributed by atoms with Crippen LogP contribution in [-0.4, -0.2) is 24.2 Å². The van der Waals surface area contributed by atoms with Crippen molar-refractivity contribution in [2.75, 3.05) is 20.0 Å². The third-order valence-corrected chi connectivity index (χ3v) is 5.70. The number of methoxy groups -OCH3 is 2. The number of ether oxygens (including phenoxy) is 3. The summed E-state index contributed by atoms with van der Waals surface area (Å²) in [5.41, 5.74) is 8.81. The highest BCUT2D eigenvalue weighted by atomic mass is 35.5. The number of nitrogens with zero attached hydrogens (tertiary/aromatic N) is 2. The summed E-state index contributed by atoms with van der Waals surface area (Å²) >= 11 is 6.66. The first-order valence-corrected chi connectivity index (χ1v) is 9.71. The normalized spacial score (nSPS) is 14.6. The van der Waals surface area contributed by atoms with Crippen molar-refractivity contribution in [3.8, 4) is 23.1 Å². The average molecular weight is 420 g/mol. The Hall–Kier alpha value is -3.51. The minimum Gasteiger partial charge on any atom is -0.493 e. The highest BCUT2D eigenvalue weighted by Crippen LogP contribution is 2.52. The number of anilines is 1. The summed E-state index contributed by atoms with van der Waals surface area (Å²) in [6.07, 6.45) is 1.41. The van der Waals surface area contributed by atoms with E-state index in [-0.39, 0.29) is 5.92 Å². The molecule has 7 heteroatoms. The van der Waals surface area contributed by atoms with E-state index in [2.05, 4.69) is 9.97 Å². The van der Waals surface area contributed by atoms with E-state index in [1.807, 2.05) is 48.5 Å². The van der Waals surface area contributed by atoms with E-state index >= 15 is 0 Å². The number of aromatic nitrogens is 2. The average Bonchev–Trinajstić information content (AvgIpc) is 2.78. The zero-order chi connectivity index (χ0) is 20.8. The quantitative estimate of drug-likeness (QED) is 0.434. The molecule has 2 N–H and O–H groups in total. The monoisotopic (exact) mass is 419 g/mol. The number of fused-ring (bicyclic) bond motifs is 4. The van der Waals surface area contributed by atoms with Gasteiger partial charge in [0, 0.05) is 27.3 Å². The van der Waals surface area contributed by atoms with Gasteiger partial charge in [-0.05, 0) is 23.8 Å². The first-order valence-electron chi connectivity index (χ1n) is 9.33. The van der Waals surface area contributed by atoms with E-state index in [0.717, 1.165) is 21.9 Å². The molecule has 1 aliphatic rings. The Labute approximate surface area is 178 Å². The van der Waals surface area contributed by atoms with Gasteiger partial charge in [0.05, 0.1) is 19.8 Å². The third-order valence-electron chi connectivity index (χ3n) is 5.39. The predicted octanol–water partition coefficient (Wildman–Crippen LogP) is 5.17. The van der Waals surface area contributed by atoms with E-state index in [0.29, 0.717) is 39.5 Å². The van der Waals surface area contributed by atoms with Gasteiger partial charge in [-0.15, -0.1) is 0 Å². The Bertz CT molecular complexity index is 1290. The van der Waals surface area contributed by atoms with E-state index in [1.165, 1.54) is 6.33 Å². The Morgan fingerprint density at radius 1 is 0.967 bits per heavy atom. The predicted molar refractivity (Wildman–Crippen MR) is 116 cm³/mol. The number of rotatable bonds is 3. The molecule has 1 aromatic heterocycles. The minimum absolute atomic E-state index is 0.285. The van der Waals surface area contributed by atoms with Crippen molar-refractivity contribution in [3.05, 3.63) is 76.6 Å². The van der Waals surface area contributed by atoms with E-state index < -0.39 is 0 Å². The largest absolute Gasteiger partial charge is 0.493 e. The lowest BCUT2D eigenvalue weighted by Crippen LogP contribution is -2.16. The maximum absolute atomic E-state index is 6.66. The van der Waals surface area contributed by atoms with Crippen molar-refractivity contribution < 1.29 is 14.2 Å². The van der Waals surface area contributed by atoms with Crippen LogP contribution in [0, 0.1) is 0 Å². The standard InChI is InChI=1S/C23H18ClN3O3/c1-28-17-8-7-12(9-18(17)29-2)19-15-10-16(24)13-5-3-4-6-14(13)21(15)30-23-20(19)22(25)26-11-27-23/h3-11,19H,1-2H3,(H2,25,26,27). The van der Waals surface area contributed by atoms with Gasteiger partial charge in [0.1, 0.15) is 17.9 Å². The lowest BCUT2D eigenvalue weighted by atomic mass is 9.82. The van der Waals surface area contributed by atoms with Crippen LogP contribution >= 0.6 is 11.6 Å². The van der Waals surface area contributed by atoms with Crippen molar-refractivity contribution in [2.45, 2.75) is 5.92 Å². The van der Waals surface area contributed by atoms with Crippen LogP contribution in [0.5, 0.6) is 23.1 Å². The molecule has 3 aromatic carbocycles. The number of nitrogen functional groups attached to an aromatic ring is 1. The smallest absolute Gasteiger partial charge is 0.228 e. The van der Waals surface area contributed by atoms with E-state index in [4.69, 9.17) is 31.5 Å². The summed E-state index contributed by atoms with van der Waals surface area (Å²) in [6.45, 7) is 0. The van der Waals surface area contributed by atoms with Gasteiger partial charge in [-0.2, -0.15) is 0 Å². The van der Waals surface area contributed by atoms with E-state index in [9.17, 15) is 0 Å². The molecule has 0 radical (unpaired) electrons. The van der Waals surface area contributed by atoms with Gasteiger partial charge < -0.3 is 19.9 Å².